The molecule has 0 saturated carbocycles. The molecular formula is C8H14O3. The van der Waals surface area contributed by atoms with Gasteiger partial charge in [-0.05, 0) is 25.3 Å². The van der Waals surface area contributed by atoms with Crippen molar-refractivity contribution in [2.45, 2.75) is 25.6 Å². The lowest BCUT2D eigenvalue weighted by Crippen LogP contribution is -2.22. The van der Waals surface area contributed by atoms with E-state index in [0.717, 1.165) is 25.7 Å². The third kappa shape index (κ3) is 3.39. The molecule has 0 bridgehead atoms. The quantitative estimate of drug-likeness (QED) is 0.634. The van der Waals surface area contributed by atoms with Gasteiger partial charge in [-0.2, -0.15) is 0 Å². The van der Waals surface area contributed by atoms with Crippen LogP contribution >= 0.6 is 0 Å². The van der Waals surface area contributed by atoms with Gasteiger partial charge in [-0.1, -0.05) is 0 Å². The summed E-state index contributed by atoms with van der Waals surface area (Å²) in [7, 11) is 0. The van der Waals surface area contributed by atoms with E-state index in [9.17, 15) is 0 Å². The van der Waals surface area contributed by atoms with Crippen LogP contribution in [-0.4, -0.2) is 24.6 Å². The van der Waals surface area contributed by atoms with Crippen molar-refractivity contribution in [2.75, 3.05) is 13.2 Å². The van der Waals surface area contributed by atoms with E-state index in [0.29, 0.717) is 6.61 Å². The maximum Gasteiger partial charge on any atom is 0.158 e. The van der Waals surface area contributed by atoms with Crippen molar-refractivity contribution >= 4 is 0 Å². The zero-order valence-electron chi connectivity index (χ0n) is 6.53. The molecular weight excluding hydrogens is 144 g/mol. The zero-order valence-corrected chi connectivity index (χ0v) is 6.53. The second kappa shape index (κ2) is 5.16. The number of ether oxygens (including phenoxy) is 2. The SMILES string of the molecule is O/C=C/CO[C@H]1CCCCO1. The van der Waals surface area contributed by atoms with Gasteiger partial charge in [0.25, 0.3) is 0 Å². The van der Waals surface area contributed by atoms with E-state index >= 15 is 0 Å². The van der Waals surface area contributed by atoms with Crippen LogP contribution in [0.15, 0.2) is 12.3 Å². The first-order chi connectivity index (χ1) is 5.43. The first-order valence-electron chi connectivity index (χ1n) is 3.96. The first-order valence-corrected chi connectivity index (χ1v) is 3.96. The van der Waals surface area contributed by atoms with Gasteiger partial charge in [0.15, 0.2) is 6.29 Å². The molecule has 0 aromatic rings. The van der Waals surface area contributed by atoms with E-state index in [2.05, 4.69) is 0 Å². The summed E-state index contributed by atoms with van der Waals surface area (Å²) >= 11 is 0. The minimum atomic E-state index is -0.0556. The van der Waals surface area contributed by atoms with Gasteiger partial charge >= 0.3 is 0 Å². The molecule has 1 aliphatic rings. The molecule has 1 saturated heterocycles. The number of hydrogen-bond acceptors (Lipinski definition) is 3. The summed E-state index contributed by atoms with van der Waals surface area (Å²) in [6, 6.07) is 0. The van der Waals surface area contributed by atoms with E-state index in [1.54, 1.807) is 6.08 Å². The van der Waals surface area contributed by atoms with Gasteiger partial charge in [-0.15, -0.1) is 0 Å². The molecule has 1 atom stereocenters. The van der Waals surface area contributed by atoms with Crippen LogP contribution in [0, 0.1) is 0 Å². The molecule has 1 heterocycles. The molecule has 1 N–H and O–H groups in total. The predicted molar refractivity (Wildman–Crippen MR) is 41.3 cm³/mol. The van der Waals surface area contributed by atoms with Gasteiger partial charge in [0.05, 0.1) is 12.9 Å². The van der Waals surface area contributed by atoms with E-state index < -0.39 is 0 Å². The van der Waals surface area contributed by atoms with E-state index in [1.165, 1.54) is 6.42 Å². The Morgan fingerprint density at radius 3 is 3.09 bits per heavy atom. The van der Waals surface area contributed by atoms with Crippen LogP contribution in [0.1, 0.15) is 19.3 Å². The van der Waals surface area contributed by atoms with Gasteiger partial charge in [0.2, 0.25) is 0 Å². The molecule has 0 amide bonds. The Bertz CT molecular complexity index is 117. The highest BCUT2D eigenvalue weighted by atomic mass is 16.7. The second-order valence-corrected chi connectivity index (χ2v) is 2.51. The van der Waals surface area contributed by atoms with E-state index in [1.807, 2.05) is 0 Å². The lowest BCUT2D eigenvalue weighted by atomic mass is 10.2. The van der Waals surface area contributed by atoms with Crippen molar-refractivity contribution in [1.82, 2.24) is 0 Å². The van der Waals surface area contributed by atoms with Crippen molar-refractivity contribution in [3.63, 3.8) is 0 Å². The molecule has 0 aromatic heterocycles. The fourth-order valence-electron chi connectivity index (χ4n) is 1.05. The third-order valence-corrected chi connectivity index (χ3v) is 1.62. The molecule has 64 valence electrons. The Morgan fingerprint density at radius 1 is 1.55 bits per heavy atom. The van der Waals surface area contributed by atoms with E-state index in [4.69, 9.17) is 14.6 Å². The van der Waals surface area contributed by atoms with Gasteiger partial charge in [0, 0.05) is 6.61 Å². The van der Waals surface area contributed by atoms with Gasteiger partial charge in [-0.3, -0.25) is 0 Å². The van der Waals surface area contributed by atoms with Gasteiger partial charge < -0.3 is 14.6 Å². The van der Waals surface area contributed by atoms with Crippen LogP contribution in [0.3, 0.4) is 0 Å². The average molecular weight is 158 g/mol. The standard InChI is InChI=1S/C8H14O3/c9-5-3-7-11-8-4-1-2-6-10-8/h3,5,8-9H,1-2,4,6-7H2/b5-3+/t8-/m0/s1. The lowest BCUT2D eigenvalue weighted by Gasteiger charge is -2.21. The maximum atomic E-state index is 8.29. The maximum absolute atomic E-state index is 8.29. The van der Waals surface area contributed by atoms with Crippen LogP contribution in [-0.2, 0) is 9.47 Å². The number of aliphatic hydroxyl groups excluding tert-OH is 1. The van der Waals surface area contributed by atoms with E-state index in [-0.39, 0.29) is 6.29 Å². The topological polar surface area (TPSA) is 38.7 Å². The van der Waals surface area contributed by atoms with Gasteiger partial charge in [-0.25, -0.2) is 0 Å². The highest BCUT2D eigenvalue weighted by Crippen LogP contribution is 2.13. The average Bonchev–Trinajstić information content (AvgIpc) is 2.07. The highest BCUT2D eigenvalue weighted by Gasteiger charge is 2.12. The fraction of sp³-hybridized carbons (Fsp3) is 0.750. The molecule has 1 rings (SSSR count). The Kier molecular flexibility index (Phi) is 4.01. The molecule has 0 radical (unpaired) electrons. The summed E-state index contributed by atoms with van der Waals surface area (Å²) in [5.41, 5.74) is 0. The van der Waals surface area contributed by atoms with Crippen LogP contribution < -0.4 is 0 Å². The summed E-state index contributed by atoms with van der Waals surface area (Å²) in [6.45, 7) is 1.23. The number of rotatable bonds is 3. The minimum absolute atomic E-state index is 0.0556. The Morgan fingerprint density at radius 2 is 2.45 bits per heavy atom. The summed E-state index contributed by atoms with van der Waals surface area (Å²) < 4.78 is 10.5. The number of hydrogen-bond donors (Lipinski definition) is 1. The molecule has 1 aliphatic heterocycles. The third-order valence-electron chi connectivity index (χ3n) is 1.62. The molecule has 11 heavy (non-hydrogen) atoms. The van der Waals surface area contributed by atoms with Gasteiger partial charge in [0.1, 0.15) is 0 Å². The zero-order chi connectivity index (χ0) is 7.94. The molecule has 0 aliphatic carbocycles. The van der Waals surface area contributed by atoms with Crippen LogP contribution in [0.2, 0.25) is 0 Å². The monoisotopic (exact) mass is 158 g/mol. The smallest absolute Gasteiger partial charge is 0.158 e. The van der Waals surface area contributed by atoms with Crippen molar-refractivity contribution in [3.05, 3.63) is 12.3 Å². The summed E-state index contributed by atoms with van der Waals surface area (Å²) in [6.07, 6.45) is 5.77. The predicted octanol–water partition coefficient (Wildman–Crippen LogP) is 1.60. The summed E-state index contributed by atoms with van der Waals surface area (Å²) in [5, 5.41) is 8.29. The normalized spacial score (nSPS) is 26.0. The molecule has 0 aromatic carbocycles. The highest BCUT2D eigenvalue weighted by molar-refractivity contribution is 4.70. The first kappa shape index (κ1) is 8.56. The summed E-state index contributed by atoms with van der Waals surface area (Å²) in [4.78, 5) is 0. The van der Waals surface area contributed by atoms with Crippen LogP contribution in [0.5, 0.6) is 0 Å². The molecule has 0 unspecified atom stereocenters. The molecule has 1 fully saturated rings. The minimum Gasteiger partial charge on any atom is -0.516 e. The Hall–Kier alpha value is -0.540. The molecule has 3 nitrogen and oxygen atoms in total. The van der Waals surface area contributed by atoms with Crippen LogP contribution in [0.25, 0.3) is 0 Å². The Balaban J connectivity index is 2.04. The largest absolute Gasteiger partial charge is 0.516 e. The molecule has 0 spiro atoms. The number of aliphatic hydroxyl groups is 1. The van der Waals surface area contributed by atoms with Crippen molar-refractivity contribution in [2.24, 2.45) is 0 Å². The second-order valence-electron chi connectivity index (χ2n) is 2.51. The Labute approximate surface area is 66.6 Å². The fourth-order valence-corrected chi connectivity index (χ4v) is 1.05. The molecule has 3 heteroatoms. The van der Waals surface area contributed by atoms with Crippen LogP contribution in [0.4, 0.5) is 0 Å². The summed E-state index contributed by atoms with van der Waals surface area (Å²) in [5.74, 6) is 0. The van der Waals surface area contributed by atoms with Crippen molar-refractivity contribution in [1.29, 1.82) is 0 Å². The van der Waals surface area contributed by atoms with Crippen molar-refractivity contribution < 1.29 is 14.6 Å². The lowest BCUT2D eigenvalue weighted by molar-refractivity contribution is -0.155. The van der Waals surface area contributed by atoms with Crippen molar-refractivity contribution in [3.8, 4) is 0 Å².